The number of rotatable bonds is 2. The normalized spacial score (nSPS) is 18.5. The van der Waals surface area contributed by atoms with Crippen molar-refractivity contribution in [2.75, 3.05) is 13.1 Å². The summed E-state index contributed by atoms with van der Waals surface area (Å²) in [5.74, 6) is 0.184. The second kappa shape index (κ2) is 3.67. The van der Waals surface area contributed by atoms with Gasteiger partial charge in [-0.15, -0.1) is 0 Å². The second-order valence-electron chi connectivity index (χ2n) is 2.74. The van der Waals surface area contributed by atoms with Gasteiger partial charge < -0.3 is 10.6 Å². The van der Waals surface area contributed by atoms with Gasteiger partial charge in [0.1, 0.15) is 0 Å². The van der Waals surface area contributed by atoms with E-state index in [2.05, 4.69) is 0 Å². The van der Waals surface area contributed by atoms with Crippen LogP contribution in [0.25, 0.3) is 0 Å². The first-order valence-electron chi connectivity index (χ1n) is 3.76. The number of nitrogens with zero attached hydrogens (tertiary/aromatic N) is 1. The van der Waals surface area contributed by atoms with Crippen molar-refractivity contribution in [2.24, 2.45) is 5.73 Å². The molecule has 1 amide bonds. The Balaban J connectivity index is 2.42. The Labute approximate surface area is 71.5 Å². The van der Waals surface area contributed by atoms with Crippen LogP contribution in [0.4, 0.5) is 0 Å². The van der Waals surface area contributed by atoms with Crippen LogP contribution in [-0.2, 0) is 4.79 Å². The molecule has 11 heavy (non-hydrogen) atoms. The molecular weight excluding hydrogens is 160 g/mol. The van der Waals surface area contributed by atoms with Gasteiger partial charge in [0.2, 0.25) is 5.91 Å². The molecule has 0 aromatic heterocycles. The molecule has 3 nitrogen and oxygen atoms in total. The molecule has 4 heteroatoms. The topological polar surface area (TPSA) is 46.3 Å². The number of thiocarbonyl (C=S) groups is 1. The third-order valence-electron chi connectivity index (χ3n) is 1.77. The van der Waals surface area contributed by atoms with Crippen LogP contribution in [0.5, 0.6) is 0 Å². The standard InChI is InChI=1S/C7H12N2OS/c8-6(11)5-9-4-2-1-3-7(9)10/h1-5H2,(H2,8,11). The summed E-state index contributed by atoms with van der Waals surface area (Å²) in [6, 6.07) is 0. The zero-order valence-corrected chi connectivity index (χ0v) is 7.19. The molecule has 0 spiro atoms. The van der Waals surface area contributed by atoms with E-state index in [4.69, 9.17) is 18.0 Å². The number of hydrogen-bond donors (Lipinski definition) is 1. The van der Waals surface area contributed by atoms with Gasteiger partial charge in [-0.05, 0) is 12.8 Å². The largest absolute Gasteiger partial charge is 0.392 e. The van der Waals surface area contributed by atoms with E-state index in [1.165, 1.54) is 0 Å². The van der Waals surface area contributed by atoms with Crippen LogP contribution in [0.3, 0.4) is 0 Å². The minimum atomic E-state index is 0.184. The fraction of sp³-hybridized carbons (Fsp3) is 0.714. The quantitative estimate of drug-likeness (QED) is 0.609. The summed E-state index contributed by atoms with van der Waals surface area (Å²) in [6.45, 7) is 1.27. The molecule has 2 N–H and O–H groups in total. The summed E-state index contributed by atoms with van der Waals surface area (Å²) in [6.07, 6.45) is 2.74. The number of likely N-dealkylation sites (tertiary alicyclic amines) is 1. The van der Waals surface area contributed by atoms with Crippen molar-refractivity contribution in [1.82, 2.24) is 4.90 Å². The highest BCUT2D eigenvalue weighted by atomic mass is 32.1. The molecule has 1 fully saturated rings. The molecule has 1 aliphatic heterocycles. The highest BCUT2D eigenvalue weighted by Crippen LogP contribution is 2.09. The van der Waals surface area contributed by atoms with Gasteiger partial charge in [0.05, 0.1) is 11.5 Å². The number of nitrogens with two attached hydrogens (primary N) is 1. The first-order chi connectivity index (χ1) is 5.20. The molecular formula is C7H12N2OS. The summed E-state index contributed by atoms with van der Waals surface area (Å²) in [4.78, 5) is 13.3. The Morgan fingerprint density at radius 1 is 1.64 bits per heavy atom. The van der Waals surface area contributed by atoms with Gasteiger partial charge in [-0.1, -0.05) is 12.2 Å². The molecule has 1 rings (SSSR count). The Kier molecular flexibility index (Phi) is 2.82. The van der Waals surface area contributed by atoms with Crippen molar-refractivity contribution in [1.29, 1.82) is 0 Å². The molecule has 0 bridgehead atoms. The van der Waals surface area contributed by atoms with Gasteiger partial charge in [-0.2, -0.15) is 0 Å². The van der Waals surface area contributed by atoms with Gasteiger partial charge in [0.25, 0.3) is 0 Å². The third-order valence-corrected chi connectivity index (χ3v) is 1.90. The van der Waals surface area contributed by atoms with E-state index < -0.39 is 0 Å². The SMILES string of the molecule is NC(=S)CN1CCCCC1=O. The lowest BCUT2D eigenvalue weighted by atomic mass is 10.1. The molecule has 1 heterocycles. The molecule has 0 aromatic rings. The number of amides is 1. The maximum Gasteiger partial charge on any atom is 0.222 e. The van der Waals surface area contributed by atoms with Crippen LogP contribution in [0.15, 0.2) is 0 Å². The van der Waals surface area contributed by atoms with E-state index in [0.717, 1.165) is 19.4 Å². The number of piperidine rings is 1. The van der Waals surface area contributed by atoms with Gasteiger partial charge >= 0.3 is 0 Å². The lowest BCUT2D eigenvalue weighted by Gasteiger charge is -2.25. The number of carbonyl (C=O) groups excluding carboxylic acids is 1. The smallest absolute Gasteiger partial charge is 0.222 e. The van der Waals surface area contributed by atoms with E-state index >= 15 is 0 Å². The van der Waals surface area contributed by atoms with Crippen LogP contribution in [0.1, 0.15) is 19.3 Å². The molecule has 0 radical (unpaired) electrons. The van der Waals surface area contributed by atoms with Crippen LogP contribution < -0.4 is 5.73 Å². The molecule has 0 atom stereocenters. The Hall–Kier alpha value is -0.640. The van der Waals surface area contributed by atoms with E-state index in [9.17, 15) is 4.79 Å². The zero-order chi connectivity index (χ0) is 8.27. The molecule has 0 saturated carbocycles. The van der Waals surface area contributed by atoms with Crippen molar-refractivity contribution in [3.05, 3.63) is 0 Å². The first kappa shape index (κ1) is 8.46. The summed E-state index contributed by atoms with van der Waals surface area (Å²) >= 11 is 4.71. The lowest BCUT2D eigenvalue weighted by Crippen LogP contribution is -2.40. The summed E-state index contributed by atoms with van der Waals surface area (Å²) in [7, 11) is 0. The van der Waals surface area contributed by atoms with Gasteiger partial charge in [0, 0.05) is 13.0 Å². The van der Waals surface area contributed by atoms with Crippen molar-refractivity contribution in [2.45, 2.75) is 19.3 Å². The second-order valence-corrected chi connectivity index (χ2v) is 3.26. The Morgan fingerprint density at radius 3 is 2.91 bits per heavy atom. The molecule has 0 aliphatic carbocycles. The molecule has 1 saturated heterocycles. The first-order valence-corrected chi connectivity index (χ1v) is 4.17. The van der Waals surface area contributed by atoms with Crippen LogP contribution in [0.2, 0.25) is 0 Å². The van der Waals surface area contributed by atoms with E-state index in [1.807, 2.05) is 0 Å². The van der Waals surface area contributed by atoms with Crippen LogP contribution >= 0.6 is 12.2 Å². The number of carbonyl (C=O) groups is 1. The van der Waals surface area contributed by atoms with Crippen molar-refractivity contribution >= 4 is 23.1 Å². The summed E-state index contributed by atoms with van der Waals surface area (Å²) < 4.78 is 0. The average molecular weight is 172 g/mol. The van der Waals surface area contributed by atoms with Gasteiger partial charge in [-0.3, -0.25) is 4.79 Å². The predicted octanol–water partition coefficient (Wildman–Crippen LogP) is 0.285. The minimum Gasteiger partial charge on any atom is -0.392 e. The average Bonchev–Trinajstić information content (AvgIpc) is 1.93. The molecule has 0 aromatic carbocycles. The molecule has 0 unspecified atom stereocenters. The Bertz CT molecular complexity index is 181. The van der Waals surface area contributed by atoms with Crippen molar-refractivity contribution in [3.8, 4) is 0 Å². The summed E-state index contributed by atoms with van der Waals surface area (Å²) in [5.41, 5.74) is 5.32. The fourth-order valence-electron chi connectivity index (χ4n) is 1.22. The third kappa shape index (κ3) is 2.46. The number of hydrogen-bond acceptors (Lipinski definition) is 2. The minimum absolute atomic E-state index is 0.184. The highest BCUT2D eigenvalue weighted by Gasteiger charge is 2.17. The van der Waals surface area contributed by atoms with Gasteiger partial charge in [-0.25, -0.2) is 0 Å². The van der Waals surface area contributed by atoms with E-state index in [-0.39, 0.29) is 5.91 Å². The monoisotopic (exact) mass is 172 g/mol. The lowest BCUT2D eigenvalue weighted by molar-refractivity contribution is -0.132. The van der Waals surface area contributed by atoms with Crippen LogP contribution in [0, 0.1) is 0 Å². The summed E-state index contributed by atoms with van der Waals surface area (Å²) in [5, 5.41) is 0. The molecule has 1 aliphatic rings. The van der Waals surface area contributed by atoms with Crippen LogP contribution in [-0.4, -0.2) is 28.9 Å². The fourth-order valence-corrected chi connectivity index (χ4v) is 1.37. The highest BCUT2D eigenvalue weighted by molar-refractivity contribution is 7.80. The van der Waals surface area contributed by atoms with Gasteiger partial charge in [0.15, 0.2) is 0 Å². The predicted molar refractivity (Wildman–Crippen MR) is 47.2 cm³/mol. The maximum atomic E-state index is 11.1. The van der Waals surface area contributed by atoms with Crippen molar-refractivity contribution in [3.63, 3.8) is 0 Å². The maximum absolute atomic E-state index is 11.1. The van der Waals surface area contributed by atoms with E-state index in [1.54, 1.807) is 4.90 Å². The van der Waals surface area contributed by atoms with Crippen molar-refractivity contribution < 1.29 is 4.79 Å². The molecule has 62 valence electrons. The zero-order valence-electron chi connectivity index (χ0n) is 6.38. The Morgan fingerprint density at radius 2 is 2.36 bits per heavy atom. The van der Waals surface area contributed by atoms with E-state index in [0.29, 0.717) is 18.0 Å².